The second-order valence-corrected chi connectivity index (χ2v) is 6.38. The Morgan fingerprint density at radius 1 is 1.04 bits per heavy atom. The molecule has 24 heavy (non-hydrogen) atoms. The van der Waals surface area contributed by atoms with Gasteiger partial charge in [0, 0.05) is 49.1 Å². The number of hydrogen-bond donors (Lipinski definition) is 0. The van der Waals surface area contributed by atoms with Crippen molar-refractivity contribution in [2.24, 2.45) is 7.05 Å². The van der Waals surface area contributed by atoms with Crippen molar-refractivity contribution >= 4 is 5.78 Å². The minimum Gasteiger partial charge on any atom is -0.347 e. The summed E-state index contributed by atoms with van der Waals surface area (Å²) in [6.45, 7) is 0. The number of carbonyl (C=O) groups is 1. The number of hydrogen-bond acceptors (Lipinski definition) is 2. The van der Waals surface area contributed by atoms with Crippen LogP contribution in [0.1, 0.15) is 40.0 Å². The van der Waals surface area contributed by atoms with E-state index in [1.165, 1.54) is 11.3 Å². The molecular formula is C21H20N2O. The molecule has 0 fully saturated rings. The molecule has 0 spiro atoms. The third kappa shape index (κ3) is 2.46. The quantitative estimate of drug-likeness (QED) is 0.726. The number of rotatable bonds is 3. The average molecular weight is 316 g/mol. The fourth-order valence-corrected chi connectivity index (χ4v) is 3.81. The molecule has 2 heterocycles. The van der Waals surface area contributed by atoms with Crippen molar-refractivity contribution in [2.45, 2.75) is 25.7 Å². The zero-order valence-corrected chi connectivity index (χ0v) is 13.8. The summed E-state index contributed by atoms with van der Waals surface area (Å²) < 4.78 is 2.22. The van der Waals surface area contributed by atoms with Gasteiger partial charge in [-0.3, -0.25) is 9.78 Å². The number of fused-ring (bicyclic) bond motifs is 1. The van der Waals surface area contributed by atoms with Crippen LogP contribution in [0.4, 0.5) is 0 Å². The smallest absolute Gasteiger partial charge is 0.165 e. The maximum atomic E-state index is 12.7. The molecule has 1 aliphatic carbocycles. The van der Waals surface area contributed by atoms with Gasteiger partial charge in [0.1, 0.15) is 0 Å². The zero-order chi connectivity index (χ0) is 16.5. The van der Waals surface area contributed by atoms with Gasteiger partial charge in [0.15, 0.2) is 5.78 Å². The van der Waals surface area contributed by atoms with Gasteiger partial charge in [-0.1, -0.05) is 30.3 Å². The van der Waals surface area contributed by atoms with Crippen LogP contribution in [0.5, 0.6) is 0 Å². The largest absolute Gasteiger partial charge is 0.347 e. The normalized spacial score (nSPS) is 13.8. The SMILES string of the molecule is Cn1c2c(c(Cc3ccccc3)c1-c1ccncc1)C(=O)CCC2. The number of Topliss-reactive ketones (excluding diaryl/α,β-unsaturated/α-hetero) is 1. The molecule has 0 unspecified atom stereocenters. The number of ketones is 1. The molecule has 1 aromatic carbocycles. The molecule has 3 nitrogen and oxygen atoms in total. The van der Waals surface area contributed by atoms with Crippen LogP contribution in [-0.2, 0) is 19.9 Å². The molecule has 0 amide bonds. The van der Waals surface area contributed by atoms with Gasteiger partial charge in [0.05, 0.1) is 5.69 Å². The standard InChI is InChI=1S/C21H20N2O/c1-23-18-8-5-9-19(24)20(18)17(14-15-6-3-2-4-7-15)21(23)16-10-12-22-13-11-16/h2-4,6-7,10-13H,5,8-9,14H2,1H3. The Balaban J connectivity index is 1.94. The summed E-state index contributed by atoms with van der Waals surface area (Å²) in [5, 5.41) is 0. The Kier molecular flexibility index (Phi) is 3.77. The summed E-state index contributed by atoms with van der Waals surface area (Å²) in [5.41, 5.74) is 6.82. The second-order valence-electron chi connectivity index (χ2n) is 6.38. The fraction of sp³-hybridized carbons (Fsp3) is 0.238. The van der Waals surface area contributed by atoms with Gasteiger partial charge < -0.3 is 4.57 Å². The van der Waals surface area contributed by atoms with Gasteiger partial charge in [-0.15, -0.1) is 0 Å². The van der Waals surface area contributed by atoms with E-state index in [4.69, 9.17) is 0 Å². The van der Waals surface area contributed by atoms with E-state index in [1.807, 2.05) is 30.6 Å². The maximum Gasteiger partial charge on any atom is 0.165 e. The first kappa shape index (κ1) is 14.9. The van der Waals surface area contributed by atoms with E-state index >= 15 is 0 Å². The lowest BCUT2D eigenvalue weighted by molar-refractivity contribution is 0.0971. The molecule has 4 rings (SSSR count). The number of benzene rings is 1. The molecule has 0 saturated carbocycles. The highest BCUT2D eigenvalue weighted by Crippen LogP contribution is 2.36. The predicted molar refractivity (Wildman–Crippen MR) is 95.2 cm³/mol. The summed E-state index contributed by atoms with van der Waals surface area (Å²) in [5.74, 6) is 0.290. The van der Waals surface area contributed by atoms with Crippen molar-refractivity contribution in [3.05, 3.63) is 77.2 Å². The highest BCUT2D eigenvalue weighted by atomic mass is 16.1. The fourth-order valence-electron chi connectivity index (χ4n) is 3.81. The van der Waals surface area contributed by atoms with Crippen LogP contribution < -0.4 is 0 Å². The van der Waals surface area contributed by atoms with Crippen LogP contribution in [0.2, 0.25) is 0 Å². The third-order valence-corrected chi connectivity index (χ3v) is 4.89. The summed E-state index contributed by atoms with van der Waals surface area (Å²) in [6.07, 6.45) is 7.00. The topological polar surface area (TPSA) is 34.9 Å². The van der Waals surface area contributed by atoms with Gasteiger partial charge in [-0.2, -0.15) is 0 Å². The van der Waals surface area contributed by atoms with Gasteiger partial charge in [-0.25, -0.2) is 0 Å². The molecule has 3 heteroatoms. The molecule has 0 radical (unpaired) electrons. The van der Waals surface area contributed by atoms with Gasteiger partial charge in [-0.05, 0) is 36.1 Å². The lowest BCUT2D eigenvalue weighted by atomic mass is 9.90. The molecular weight excluding hydrogens is 296 g/mol. The van der Waals surface area contributed by atoms with E-state index < -0.39 is 0 Å². The maximum absolute atomic E-state index is 12.7. The van der Waals surface area contributed by atoms with E-state index in [-0.39, 0.29) is 5.78 Å². The van der Waals surface area contributed by atoms with E-state index in [0.29, 0.717) is 6.42 Å². The molecule has 0 saturated heterocycles. The summed E-state index contributed by atoms with van der Waals surface area (Å²) in [7, 11) is 2.09. The molecule has 0 atom stereocenters. The van der Waals surface area contributed by atoms with Crippen LogP contribution in [0.3, 0.4) is 0 Å². The minimum atomic E-state index is 0.290. The first-order valence-corrected chi connectivity index (χ1v) is 8.43. The van der Waals surface area contributed by atoms with Gasteiger partial charge >= 0.3 is 0 Å². The molecule has 2 aromatic heterocycles. The number of aromatic nitrogens is 2. The molecule has 1 aliphatic rings. The first-order valence-electron chi connectivity index (χ1n) is 8.43. The molecule has 0 aliphatic heterocycles. The number of pyridine rings is 1. The van der Waals surface area contributed by atoms with Crippen LogP contribution in [0.15, 0.2) is 54.9 Å². The van der Waals surface area contributed by atoms with Crippen molar-refractivity contribution in [1.29, 1.82) is 0 Å². The van der Waals surface area contributed by atoms with Gasteiger partial charge in [0.2, 0.25) is 0 Å². The Bertz CT molecular complexity index is 879. The third-order valence-electron chi connectivity index (χ3n) is 4.89. The van der Waals surface area contributed by atoms with Gasteiger partial charge in [0.25, 0.3) is 0 Å². The lowest BCUT2D eigenvalue weighted by Crippen LogP contribution is -2.13. The van der Waals surface area contributed by atoms with Crippen molar-refractivity contribution in [3.63, 3.8) is 0 Å². The van der Waals surface area contributed by atoms with E-state index in [1.54, 1.807) is 0 Å². The van der Waals surface area contributed by atoms with Crippen LogP contribution in [-0.4, -0.2) is 15.3 Å². The van der Waals surface area contributed by atoms with Crippen LogP contribution >= 0.6 is 0 Å². The Labute approximate surface area is 142 Å². The highest BCUT2D eigenvalue weighted by Gasteiger charge is 2.28. The monoisotopic (exact) mass is 316 g/mol. The Morgan fingerprint density at radius 2 is 1.79 bits per heavy atom. The van der Waals surface area contributed by atoms with E-state index in [0.717, 1.165) is 41.6 Å². The van der Waals surface area contributed by atoms with E-state index in [9.17, 15) is 4.79 Å². The van der Waals surface area contributed by atoms with Crippen molar-refractivity contribution in [2.75, 3.05) is 0 Å². The summed E-state index contributed by atoms with van der Waals surface area (Å²) in [6, 6.07) is 14.4. The van der Waals surface area contributed by atoms with Crippen molar-refractivity contribution in [1.82, 2.24) is 9.55 Å². The number of nitrogens with zero attached hydrogens (tertiary/aromatic N) is 2. The lowest BCUT2D eigenvalue weighted by Gasteiger charge is -2.13. The van der Waals surface area contributed by atoms with Crippen LogP contribution in [0, 0.1) is 0 Å². The Hall–Kier alpha value is -2.68. The number of carbonyl (C=O) groups excluding carboxylic acids is 1. The predicted octanol–water partition coefficient (Wildman–Crippen LogP) is 4.20. The van der Waals surface area contributed by atoms with Crippen molar-refractivity contribution < 1.29 is 4.79 Å². The average Bonchev–Trinajstić information content (AvgIpc) is 2.90. The highest BCUT2D eigenvalue weighted by molar-refractivity contribution is 6.01. The molecule has 3 aromatic rings. The first-order chi connectivity index (χ1) is 11.8. The summed E-state index contributed by atoms with van der Waals surface area (Å²) in [4.78, 5) is 16.8. The summed E-state index contributed by atoms with van der Waals surface area (Å²) >= 11 is 0. The molecule has 120 valence electrons. The zero-order valence-electron chi connectivity index (χ0n) is 13.8. The second kappa shape index (κ2) is 6.08. The van der Waals surface area contributed by atoms with Crippen LogP contribution in [0.25, 0.3) is 11.3 Å². The Morgan fingerprint density at radius 3 is 2.54 bits per heavy atom. The molecule has 0 N–H and O–H groups in total. The van der Waals surface area contributed by atoms with E-state index in [2.05, 4.69) is 40.9 Å². The van der Waals surface area contributed by atoms with Crippen molar-refractivity contribution in [3.8, 4) is 11.3 Å². The minimum absolute atomic E-state index is 0.290. The molecule has 0 bridgehead atoms.